The van der Waals surface area contributed by atoms with E-state index in [1.54, 1.807) is 0 Å². The molecule has 3 heterocycles. The van der Waals surface area contributed by atoms with Gasteiger partial charge >= 0.3 is 0 Å². The first-order chi connectivity index (χ1) is 14.8. The van der Waals surface area contributed by atoms with Gasteiger partial charge in [-0.1, -0.05) is 30.3 Å². The van der Waals surface area contributed by atoms with Gasteiger partial charge in [-0.15, -0.1) is 0 Å². The van der Waals surface area contributed by atoms with E-state index in [-0.39, 0.29) is 5.91 Å². The third-order valence-electron chi connectivity index (χ3n) is 6.82. The SMILES string of the molecule is O=C1Cc2cc(N3CCCC3)ccc2N1CCN1CCN(Cc2ccccc2)CC1. The summed E-state index contributed by atoms with van der Waals surface area (Å²) < 4.78 is 0. The van der Waals surface area contributed by atoms with E-state index >= 15 is 0 Å². The van der Waals surface area contributed by atoms with Crippen molar-refractivity contribution in [1.82, 2.24) is 9.80 Å². The van der Waals surface area contributed by atoms with Crippen molar-refractivity contribution in [3.8, 4) is 0 Å². The lowest BCUT2D eigenvalue weighted by Gasteiger charge is -2.35. The summed E-state index contributed by atoms with van der Waals surface area (Å²) in [6.45, 7) is 9.43. The van der Waals surface area contributed by atoms with Crippen LogP contribution in [0.25, 0.3) is 0 Å². The fraction of sp³-hybridized carbons (Fsp3) is 0.480. The molecular formula is C25H32N4O. The third-order valence-corrected chi connectivity index (χ3v) is 6.82. The molecule has 5 rings (SSSR count). The number of carbonyl (C=O) groups excluding carboxylic acids is 1. The summed E-state index contributed by atoms with van der Waals surface area (Å²) in [6.07, 6.45) is 3.11. The number of hydrogen-bond donors (Lipinski definition) is 0. The van der Waals surface area contributed by atoms with Crippen LogP contribution in [0.2, 0.25) is 0 Å². The van der Waals surface area contributed by atoms with E-state index in [2.05, 4.69) is 63.2 Å². The van der Waals surface area contributed by atoms with Crippen LogP contribution >= 0.6 is 0 Å². The van der Waals surface area contributed by atoms with Crippen LogP contribution in [0.4, 0.5) is 11.4 Å². The molecule has 2 saturated heterocycles. The van der Waals surface area contributed by atoms with Gasteiger partial charge in [-0.25, -0.2) is 0 Å². The molecule has 2 aromatic rings. The van der Waals surface area contributed by atoms with Crippen LogP contribution in [0.3, 0.4) is 0 Å². The van der Waals surface area contributed by atoms with Gasteiger partial charge in [0.1, 0.15) is 0 Å². The number of fused-ring (bicyclic) bond motifs is 1. The fourth-order valence-corrected chi connectivity index (χ4v) is 5.04. The molecule has 5 nitrogen and oxygen atoms in total. The Hall–Kier alpha value is -2.37. The number of anilines is 2. The van der Waals surface area contributed by atoms with E-state index in [4.69, 9.17) is 0 Å². The normalized spacial score (nSPS) is 20.2. The number of rotatable bonds is 6. The van der Waals surface area contributed by atoms with Gasteiger partial charge < -0.3 is 9.80 Å². The number of piperazine rings is 1. The molecule has 0 spiro atoms. The molecule has 2 fully saturated rings. The molecule has 30 heavy (non-hydrogen) atoms. The van der Waals surface area contributed by atoms with Crippen LogP contribution in [0.1, 0.15) is 24.0 Å². The average molecular weight is 405 g/mol. The lowest BCUT2D eigenvalue weighted by Crippen LogP contribution is -2.48. The number of carbonyl (C=O) groups is 1. The summed E-state index contributed by atoms with van der Waals surface area (Å²) in [6, 6.07) is 17.3. The smallest absolute Gasteiger partial charge is 0.231 e. The van der Waals surface area contributed by atoms with Gasteiger partial charge in [-0.3, -0.25) is 14.6 Å². The Labute approximate surface area is 179 Å². The summed E-state index contributed by atoms with van der Waals surface area (Å²) in [7, 11) is 0. The summed E-state index contributed by atoms with van der Waals surface area (Å²) in [5.41, 5.74) is 5.01. The van der Waals surface area contributed by atoms with Crippen LogP contribution in [0.15, 0.2) is 48.5 Å². The standard InChI is InChI=1S/C25H32N4O/c30-25-19-22-18-23(28-10-4-5-11-28)8-9-24(22)29(25)17-16-26-12-14-27(15-13-26)20-21-6-2-1-3-7-21/h1-3,6-9,18H,4-5,10-17,19-20H2. The number of benzene rings is 2. The molecule has 2 aromatic carbocycles. The lowest BCUT2D eigenvalue weighted by molar-refractivity contribution is -0.117. The zero-order valence-corrected chi connectivity index (χ0v) is 17.8. The van der Waals surface area contributed by atoms with Crippen molar-refractivity contribution in [2.45, 2.75) is 25.8 Å². The second-order valence-corrected chi connectivity index (χ2v) is 8.83. The monoisotopic (exact) mass is 404 g/mol. The largest absolute Gasteiger partial charge is 0.372 e. The summed E-state index contributed by atoms with van der Waals surface area (Å²) >= 11 is 0. The Balaban J connectivity index is 1.14. The molecule has 158 valence electrons. The van der Waals surface area contributed by atoms with Gasteiger partial charge in [0, 0.05) is 70.3 Å². The summed E-state index contributed by atoms with van der Waals surface area (Å²) in [5.74, 6) is 0.256. The van der Waals surface area contributed by atoms with Gasteiger partial charge in [0.05, 0.1) is 6.42 Å². The van der Waals surface area contributed by atoms with Crippen molar-refractivity contribution in [3.63, 3.8) is 0 Å². The molecule has 0 unspecified atom stereocenters. The maximum Gasteiger partial charge on any atom is 0.231 e. The second-order valence-electron chi connectivity index (χ2n) is 8.83. The highest BCUT2D eigenvalue weighted by Gasteiger charge is 2.29. The molecule has 3 aliphatic rings. The predicted molar refractivity (Wildman–Crippen MR) is 122 cm³/mol. The van der Waals surface area contributed by atoms with Crippen LogP contribution in [0.5, 0.6) is 0 Å². The predicted octanol–water partition coefficient (Wildman–Crippen LogP) is 2.99. The Morgan fingerprint density at radius 1 is 0.767 bits per heavy atom. The zero-order chi connectivity index (χ0) is 20.3. The van der Waals surface area contributed by atoms with Crippen LogP contribution in [0, 0.1) is 0 Å². The van der Waals surface area contributed by atoms with E-state index in [1.165, 1.54) is 29.7 Å². The molecule has 1 amide bonds. The van der Waals surface area contributed by atoms with Crippen molar-refractivity contribution in [2.24, 2.45) is 0 Å². The van der Waals surface area contributed by atoms with E-state index in [0.29, 0.717) is 6.42 Å². The number of hydrogen-bond acceptors (Lipinski definition) is 4. The quantitative estimate of drug-likeness (QED) is 0.741. The van der Waals surface area contributed by atoms with Crippen molar-refractivity contribution in [1.29, 1.82) is 0 Å². The Morgan fingerprint density at radius 2 is 1.50 bits per heavy atom. The van der Waals surface area contributed by atoms with Crippen LogP contribution in [-0.4, -0.2) is 68.1 Å². The number of nitrogens with zero attached hydrogens (tertiary/aromatic N) is 4. The van der Waals surface area contributed by atoms with Crippen LogP contribution < -0.4 is 9.80 Å². The van der Waals surface area contributed by atoms with Crippen LogP contribution in [-0.2, 0) is 17.8 Å². The molecule has 0 saturated carbocycles. The first-order valence-electron chi connectivity index (χ1n) is 11.4. The molecular weight excluding hydrogens is 372 g/mol. The first kappa shape index (κ1) is 19.6. The van der Waals surface area contributed by atoms with Crippen molar-refractivity contribution in [2.75, 3.05) is 62.2 Å². The zero-order valence-electron chi connectivity index (χ0n) is 17.8. The van der Waals surface area contributed by atoms with E-state index in [1.807, 2.05) is 4.90 Å². The topological polar surface area (TPSA) is 30.0 Å². The molecule has 0 bridgehead atoms. The fourth-order valence-electron chi connectivity index (χ4n) is 5.04. The summed E-state index contributed by atoms with van der Waals surface area (Å²) in [4.78, 5) is 22.2. The minimum atomic E-state index is 0.256. The Morgan fingerprint density at radius 3 is 2.27 bits per heavy atom. The molecule has 3 aliphatic heterocycles. The molecule has 5 heteroatoms. The number of amides is 1. The maximum absolute atomic E-state index is 12.7. The third kappa shape index (κ3) is 4.23. The van der Waals surface area contributed by atoms with E-state index < -0.39 is 0 Å². The lowest BCUT2D eigenvalue weighted by atomic mass is 10.1. The highest BCUT2D eigenvalue weighted by molar-refractivity contribution is 6.01. The average Bonchev–Trinajstić information content (AvgIpc) is 3.41. The van der Waals surface area contributed by atoms with Gasteiger partial charge in [-0.05, 0) is 42.2 Å². The van der Waals surface area contributed by atoms with Gasteiger partial charge in [0.15, 0.2) is 0 Å². The van der Waals surface area contributed by atoms with Gasteiger partial charge in [0.25, 0.3) is 0 Å². The molecule has 0 radical (unpaired) electrons. The Bertz CT molecular complexity index is 870. The maximum atomic E-state index is 12.7. The molecule has 0 aromatic heterocycles. The molecule has 0 atom stereocenters. The van der Waals surface area contributed by atoms with Crippen molar-refractivity contribution in [3.05, 3.63) is 59.7 Å². The second kappa shape index (κ2) is 8.78. The van der Waals surface area contributed by atoms with E-state index in [0.717, 1.165) is 64.6 Å². The van der Waals surface area contributed by atoms with Crippen molar-refractivity contribution < 1.29 is 4.79 Å². The highest BCUT2D eigenvalue weighted by atomic mass is 16.2. The minimum absolute atomic E-state index is 0.256. The molecule has 0 aliphatic carbocycles. The van der Waals surface area contributed by atoms with Crippen molar-refractivity contribution >= 4 is 17.3 Å². The van der Waals surface area contributed by atoms with Gasteiger partial charge in [0.2, 0.25) is 5.91 Å². The summed E-state index contributed by atoms with van der Waals surface area (Å²) in [5, 5.41) is 0. The van der Waals surface area contributed by atoms with Gasteiger partial charge in [-0.2, -0.15) is 0 Å². The molecule has 0 N–H and O–H groups in total. The highest BCUT2D eigenvalue weighted by Crippen LogP contribution is 2.33. The van der Waals surface area contributed by atoms with E-state index in [9.17, 15) is 4.79 Å². The minimum Gasteiger partial charge on any atom is -0.372 e. The Kier molecular flexibility index (Phi) is 5.73. The first-order valence-corrected chi connectivity index (χ1v) is 11.4.